The molecule has 1 aromatic heterocycles. The van der Waals surface area contributed by atoms with E-state index in [4.69, 9.17) is 11.6 Å². The molecule has 18 heavy (non-hydrogen) atoms. The monoisotopic (exact) mass is 329 g/mol. The Bertz CT molecular complexity index is 609. The zero-order chi connectivity index (χ0) is 13.1. The minimum absolute atomic E-state index is 0.0203. The Morgan fingerprint density at radius 2 is 2.17 bits per heavy atom. The molecule has 4 nitrogen and oxygen atoms in total. The second-order valence-electron chi connectivity index (χ2n) is 3.26. The molecule has 2 aromatic rings. The van der Waals surface area contributed by atoms with Crippen LogP contribution in [-0.2, 0) is 0 Å². The number of hydrogen-bond acceptors (Lipinski definition) is 3. The van der Waals surface area contributed by atoms with Crippen LogP contribution in [0, 0.1) is 5.82 Å². The quantitative estimate of drug-likeness (QED) is 0.860. The van der Waals surface area contributed by atoms with Crippen LogP contribution < -0.4 is 5.32 Å². The molecule has 0 saturated carbocycles. The number of carbonyl (C=O) groups is 1. The first kappa shape index (κ1) is 12.9. The molecular weight excluding hydrogens is 324 g/mol. The van der Waals surface area contributed by atoms with Gasteiger partial charge in [0.05, 0.1) is 10.0 Å². The zero-order valence-electron chi connectivity index (χ0n) is 8.82. The van der Waals surface area contributed by atoms with Crippen molar-refractivity contribution in [2.24, 2.45) is 0 Å². The average molecular weight is 331 g/mol. The highest BCUT2D eigenvalue weighted by atomic mass is 79.9. The standard InChI is InChI=1S/C11H6BrClFN3O/c12-7-3-1-2-6(9(7)14)10(18)17-11-15-5-4-8(13)16-11/h1-5H,(H,15,16,17,18). The van der Waals surface area contributed by atoms with Crippen molar-refractivity contribution in [3.8, 4) is 0 Å². The van der Waals surface area contributed by atoms with Gasteiger partial charge in [-0.1, -0.05) is 17.7 Å². The van der Waals surface area contributed by atoms with E-state index in [1.165, 1.54) is 24.4 Å². The summed E-state index contributed by atoms with van der Waals surface area (Å²) in [6.45, 7) is 0. The highest BCUT2D eigenvalue weighted by Crippen LogP contribution is 2.19. The Labute approximate surface area is 115 Å². The maximum atomic E-state index is 13.7. The fourth-order valence-corrected chi connectivity index (χ4v) is 1.75. The smallest absolute Gasteiger partial charge is 0.261 e. The molecule has 0 fully saturated rings. The number of rotatable bonds is 2. The van der Waals surface area contributed by atoms with Crippen molar-refractivity contribution < 1.29 is 9.18 Å². The highest BCUT2D eigenvalue weighted by Gasteiger charge is 2.14. The minimum Gasteiger partial charge on any atom is -0.290 e. The average Bonchev–Trinajstić information content (AvgIpc) is 2.32. The number of benzene rings is 1. The first-order valence-corrected chi connectivity index (χ1v) is 5.99. The Morgan fingerprint density at radius 3 is 2.89 bits per heavy atom. The number of nitrogens with one attached hydrogen (secondary N) is 1. The number of aromatic nitrogens is 2. The van der Waals surface area contributed by atoms with Crippen LogP contribution in [0.5, 0.6) is 0 Å². The largest absolute Gasteiger partial charge is 0.290 e. The topological polar surface area (TPSA) is 54.9 Å². The molecule has 1 heterocycles. The molecule has 0 unspecified atom stereocenters. The Kier molecular flexibility index (Phi) is 3.88. The van der Waals surface area contributed by atoms with Gasteiger partial charge in [-0.2, -0.15) is 0 Å². The van der Waals surface area contributed by atoms with Gasteiger partial charge in [-0.3, -0.25) is 10.1 Å². The maximum Gasteiger partial charge on any atom is 0.261 e. The third-order valence-corrected chi connectivity index (χ3v) is 2.87. The molecule has 1 aromatic carbocycles. The van der Waals surface area contributed by atoms with Crippen LogP contribution in [0.25, 0.3) is 0 Å². The lowest BCUT2D eigenvalue weighted by molar-refractivity contribution is 0.102. The minimum atomic E-state index is -0.643. The zero-order valence-corrected chi connectivity index (χ0v) is 11.2. The molecule has 1 N–H and O–H groups in total. The van der Waals surface area contributed by atoms with E-state index in [0.717, 1.165) is 0 Å². The summed E-state index contributed by atoms with van der Waals surface area (Å²) in [4.78, 5) is 19.4. The Balaban J connectivity index is 2.25. The van der Waals surface area contributed by atoms with Crippen LogP contribution >= 0.6 is 27.5 Å². The molecule has 0 spiro atoms. The van der Waals surface area contributed by atoms with Gasteiger partial charge in [0.1, 0.15) is 11.0 Å². The van der Waals surface area contributed by atoms with Gasteiger partial charge in [0.2, 0.25) is 5.95 Å². The van der Waals surface area contributed by atoms with E-state index in [9.17, 15) is 9.18 Å². The number of carbonyl (C=O) groups excluding carboxylic acids is 1. The first-order valence-electron chi connectivity index (χ1n) is 4.82. The molecule has 7 heteroatoms. The normalized spacial score (nSPS) is 10.2. The van der Waals surface area contributed by atoms with E-state index in [-0.39, 0.29) is 21.1 Å². The third-order valence-electron chi connectivity index (χ3n) is 2.04. The summed E-state index contributed by atoms with van der Waals surface area (Å²) in [5, 5.41) is 2.55. The molecule has 0 aliphatic heterocycles. The van der Waals surface area contributed by atoms with Crippen molar-refractivity contribution in [3.05, 3.63) is 51.5 Å². The van der Waals surface area contributed by atoms with E-state index in [2.05, 4.69) is 31.2 Å². The summed E-state index contributed by atoms with van der Waals surface area (Å²) < 4.78 is 13.9. The van der Waals surface area contributed by atoms with E-state index in [1.807, 2.05) is 0 Å². The van der Waals surface area contributed by atoms with E-state index in [1.54, 1.807) is 6.07 Å². The van der Waals surface area contributed by atoms with Gasteiger partial charge in [0.15, 0.2) is 0 Å². The van der Waals surface area contributed by atoms with Crippen LogP contribution in [0.2, 0.25) is 5.15 Å². The van der Waals surface area contributed by atoms with Gasteiger partial charge in [0, 0.05) is 6.20 Å². The molecular formula is C11H6BrClFN3O. The summed E-state index contributed by atoms with van der Waals surface area (Å²) in [5.41, 5.74) is -0.104. The molecule has 92 valence electrons. The van der Waals surface area contributed by atoms with Crippen molar-refractivity contribution >= 4 is 39.4 Å². The number of hydrogen-bond donors (Lipinski definition) is 1. The molecule has 0 atom stereocenters. The summed E-state index contributed by atoms with van der Waals surface area (Å²) in [6.07, 6.45) is 1.39. The Morgan fingerprint density at radius 1 is 1.39 bits per heavy atom. The predicted octanol–water partition coefficient (Wildman–Crippen LogP) is 3.28. The molecule has 0 aliphatic rings. The molecule has 0 aliphatic carbocycles. The lowest BCUT2D eigenvalue weighted by Gasteiger charge is -2.05. The highest BCUT2D eigenvalue weighted by molar-refractivity contribution is 9.10. The number of halogens is 3. The van der Waals surface area contributed by atoms with E-state index in [0.29, 0.717) is 0 Å². The van der Waals surface area contributed by atoms with Crippen LogP contribution in [0.1, 0.15) is 10.4 Å². The molecule has 1 amide bonds. The molecule has 0 radical (unpaired) electrons. The first-order chi connectivity index (χ1) is 8.58. The van der Waals surface area contributed by atoms with Gasteiger partial charge in [-0.15, -0.1) is 0 Å². The van der Waals surface area contributed by atoms with Crippen molar-refractivity contribution in [3.63, 3.8) is 0 Å². The van der Waals surface area contributed by atoms with E-state index < -0.39 is 11.7 Å². The predicted molar refractivity (Wildman–Crippen MR) is 69.1 cm³/mol. The van der Waals surface area contributed by atoms with Gasteiger partial charge in [-0.25, -0.2) is 14.4 Å². The molecule has 0 bridgehead atoms. The SMILES string of the molecule is O=C(Nc1nccc(Cl)n1)c1cccc(Br)c1F. The van der Waals surface area contributed by atoms with Gasteiger partial charge >= 0.3 is 0 Å². The van der Waals surface area contributed by atoms with E-state index >= 15 is 0 Å². The number of amides is 1. The van der Waals surface area contributed by atoms with Crippen LogP contribution in [0.15, 0.2) is 34.9 Å². The Hall–Kier alpha value is -1.53. The van der Waals surface area contributed by atoms with Crippen LogP contribution in [0.4, 0.5) is 10.3 Å². The number of anilines is 1. The summed E-state index contributed by atoms with van der Waals surface area (Å²) >= 11 is 8.65. The lowest BCUT2D eigenvalue weighted by Crippen LogP contribution is -2.15. The van der Waals surface area contributed by atoms with Crippen molar-refractivity contribution in [1.29, 1.82) is 0 Å². The van der Waals surface area contributed by atoms with Crippen molar-refractivity contribution in [2.45, 2.75) is 0 Å². The fourth-order valence-electron chi connectivity index (χ4n) is 1.24. The summed E-state index contributed by atoms with van der Waals surface area (Å²) in [6, 6.07) is 5.89. The second kappa shape index (κ2) is 5.41. The van der Waals surface area contributed by atoms with Gasteiger partial charge in [0.25, 0.3) is 5.91 Å². The van der Waals surface area contributed by atoms with Crippen molar-refractivity contribution in [1.82, 2.24) is 9.97 Å². The maximum absolute atomic E-state index is 13.7. The lowest BCUT2D eigenvalue weighted by atomic mass is 10.2. The van der Waals surface area contributed by atoms with Crippen molar-refractivity contribution in [2.75, 3.05) is 5.32 Å². The third kappa shape index (κ3) is 2.83. The molecule has 2 rings (SSSR count). The van der Waals surface area contributed by atoms with Gasteiger partial charge in [-0.05, 0) is 34.1 Å². The summed E-state index contributed by atoms with van der Waals surface area (Å²) in [5.74, 6) is -1.26. The second-order valence-corrected chi connectivity index (χ2v) is 4.50. The van der Waals surface area contributed by atoms with Crippen LogP contribution in [-0.4, -0.2) is 15.9 Å². The summed E-state index contributed by atoms with van der Waals surface area (Å²) in [7, 11) is 0. The fraction of sp³-hybridized carbons (Fsp3) is 0. The number of nitrogens with zero attached hydrogens (tertiary/aromatic N) is 2. The van der Waals surface area contributed by atoms with Gasteiger partial charge < -0.3 is 0 Å². The molecule has 0 saturated heterocycles. The van der Waals surface area contributed by atoms with Crippen LogP contribution in [0.3, 0.4) is 0 Å².